The molecule has 0 bridgehead atoms. The number of carbonyl (C=O) groups is 1. The van der Waals surface area contributed by atoms with Gasteiger partial charge in [-0.15, -0.1) is 0 Å². The Hall–Kier alpha value is -2.04. The monoisotopic (exact) mass is 520 g/mol. The lowest BCUT2D eigenvalue weighted by atomic mass is 10.1. The molecule has 3 rings (SSSR count). The van der Waals surface area contributed by atoms with Crippen molar-refractivity contribution in [2.75, 3.05) is 59.4 Å². The number of hydrogen-bond acceptors (Lipinski definition) is 7. The van der Waals surface area contributed by atoms with Crippen molar-refractivity contribution in [2.24, 2.45) is 0 Å². The third-order valence-corrected chi connectivity index (χ3v) is 7.52. The van der Waals surface area contributed by atoms with Gasteiger partial charge in [0.15, 0.2) is 0 Å². The lowest BCUT2D eigenvalue weighted by Gasteiger charge is -2.34. The molecule has 0 radical (unpaired) electrons. The molecule has 1 saturated heterocycles. The van der Waals surface area contributed by atoms with Gasteiger partial charge in [0.2, 0.25) is 10.0 Å². The van der Waals surface area contributed by atoms with Crippen LogP contribution in [0.4, 0.5) is 0 Å². The normalized spacial score (nSPS) is 15.4. The summed E-state index contributed by atoms with van der Waals surface area (Å²) in [6.07, 6.45) is 2.01. The summed E-state index contributed by atoms with van der Waals surface area (Å²) in [5.41, 5.74) is 0.809. The number of carbonyl (C=O) groups excluding carboxylic acids is 1. The van der Waals surface area contributed by atoms with Crippen LogP contribution in [0.2, 0.25) is 0 Å². The molecule has 0 aromatic heterocycles. The van der Waals surface area contributed by atoms with Gasteiger partial charge in [-0.3, -0.25) is 4.79 Å². The van der Waals surface area contributed by atoms with Crippen molar-refractivity contribution in [2.45, 2.75) is 51.0 Å². The first-order valence-electron chi connectivity index (χ1n) is 12.8. The highest BCUT2D eigenvalue weighted by atomic mass is 32.2. The minimum absolute atomic E-state index is 0.318. The Morgan fingerprint density at radius 2 is 1.58 bits per heavy atom. The Morgan fingerprint density at radius 3 is 2.11 bits per heavy atom. The minimum Gasteiger partial charge on any atom is -0.462 e. The molecule has 1 aliphatic heterocycles. The van der Waals surface area contributed by atoms with E-state index in [0.717, 1.165) is 68.6 Å². The molecule has 2 N–H and O–H groups in total. The SMILES string of the molecule is CC(C)(C)OC=O.CNCCCN1CCN(CCCNS(=O)(=O)c2cccc3cc(C)ccc23)CC1. The molecule has 1 fully saturated rings. The molecule has 202 valence electrons. The number of nitrogens with zero attached hydrogens (tertiary/aromatic N) is 2. The first-order valence-corrected chi connectivity index (χ1v) is 14.2. The summed E-state index contributed by atoms with van der Waals surface area (Å²) in [6, 6.07) is 11.3. The number of aryl methyl sites for hydroxylation is 1. The Bertz CT molecular complexity index is 1050. The van der Waals surface area contributed by atoms with Crippen LogP contribution in [0.3, 0.4) is 0 Å². The van der Waals surface area contributed by atoms with E-state index in [0.29, 0.717) is 17.9 Å². The maximum Gasteiger partial charge on any atom is 0.293 e. The minimum atomic E-state index is -3.51. The van der Waals surface area contributed by atoms with E-state index in [1.165, 1.54) is 6.42 Å². The van der Waals surface area contributed by atoms with Crippen molar-refractivity contribution in [3.8, 4) is 0 Å². The lowest BCUT2D eigenvalue weighted by molar-refractivity contribution is -0.138. The predicted octanol–water partition coefficient (Wildman–Crippen LogP) is 3.00. The summed E-state index contributed by atoms with van der Waals surface area (Å²) >= 11 is 0. The highest BCUT2D eigenvalue weighted by Gasteiger charge is 2.18. The molecule has 0 aliphatic carbocycles. The largest absolute Gasteiger partial charge is 0.462 e. The van der Waals surface area contributed by atoms with Gasteiger partial charge in [-0.1, -0.05) is 35.9 Å². The summed E-state index contributed by atoms with van der Waals surface area (Å²) in [6.45, 7) is 15.9. The number of sulfonamides is 1. The van der Waals surface area contributed by atoms with Gasteiger partial charge < -0.3 is 19.9 Å². The van der Waals surface area contributed by atoms with Gasteiger partial charge in [-0.2, -0.15) is 0 Å². The number of fused-ring (bicyclic) bond motifs is 1. The Labute approximate surface area is 217 Å². The first-order chi connectivity index (χ1) is 17.1. The van der Waals surface area contributed by atoms with Crippen LogP contribution in [0.25, 0.3) is 10.8 Å². The van der Waals surface area contributed by atoms with Gasteiger partial charge in [0.05, 0.1) is 4.90 Å². The average molecular weight is 521 g/mol. The fourth-order valence-corrected chi connectivity index (χ4v) is 5.36. The highest BCUT2D eigenvalue weighted by molar-refractivity contribution is 7.89. The van der Waals surface area contributed by atoms with E-state index in [2.05, 4.69) is 24.6 Å². The standard InChI is InChI=1S/C22H34N4O2S.C5H10O2/c1-19-8-9-21-20(18-19)6-3-7-22(21)29(27,28)24-11-5-13-26-16-14-25(15-17-26)12-4-10-23-2;1-5(2,3)7-4-6/h3,6-9,18,23-24H,4-5,10-17H2,1-2H3;4H,1-3H3. The van der Waals surface area contributed by atoms with Crippen molar-refractivity contribution in [3.05, 3.63) is 42.0 Å². The molecule has 1 aliphatic rings. The molecule has 0 spiro atoms. The zero-order valence-electron chi connectivity index (χ0n) is 22.5. The highest BCUT2D eigenvalue weighted by Crippen LogP contribution is 2.23. The molecular weight excluding hydrogens is 476 g/mol. The third kappa shape index (κ3) is 10.5. The summed E-state index contributed by atoms with van der Waals surface area (Å²) in [7, 11) is -1.51. The number of ether oxygens (including phenoxy) is 1. The lowest BCUT2D eigenvalue weighted by Crippen LogP contribution is -2.47. The summed E-state index contributed by atoms with van der Waals surface area (Å²) in [5, 5.41) is 4.93. The van der Waals surface area contributed by atoms with Gasteiger partial charge in [-0.25, -0.2) is 13.1 Å². The van der Waals surface area contributed by atoms with Crippen molar-refractivity contribution < 1.29 is 17.9 Å². The van der Waals surface area contributed by atoms with E-state index < -0.39 is 10.0 Å². The topological polar surface area (TPSA) is 91.0 Å². The van der Waals surface area contributed by atoms with Crippen LogP contribution in [-0.2, 0) is 19.6 Å². The van der Waals surface area contributed by atoms with E-state index in [9.17, 15) is 13.2 Å². The second-order valence-corrected chi connectivity index (χ2v) is 11.9. The van der Waals surface area contributed by atoms with Crippen LogP contribution < -0.4 is 10.0 Å². The molecule has 2 aromatic rings. The van der Waals surface area contributed by atoms with E-state index >= 15 is 0 Å². The summed E-state index contributed by atoms with van der Waals surface area (Å²) in [4.78, 5) is 14.9. The van der Waals surface area contributed by atoms with Crippen LogP contribution in [0, 0.1) is 6.92 Å². The molecule has 0 atom stereocenters. The number of hydrogen-bond donors (Lipinski definition) is 2. The summed E-state index contributed by atoms with van der Waals surface area (Å²) in [5.74, 6) is 0. The molecule has 0 saturated carbocycles. The van der Waals surface area contributed by atoms with Crippen molar-refractivity contribution >= 4 is 27.3 Å². The Kier molecular flexibility index (Phi) is 12.3. The van der Waals surface area contributed by atoms with Gasteiger partial charge in [0.25, 0.3) is 6.47 Å². The van der Waals surface area contributed by atoms with Gasteiger partial charge in [-0.05, 0) is 78.7 Å². The van der Waals surface area contributed by atoms with Crippen LogP contribution in [0.1, 0.15) is 39.2 Å². The molecule has 8 nitrogen and oxygen atoms in total. The quantitative estimate of drug-likeness (QED) is 0.348. The van der Waals surface area contributed by atoms with Crippen molar-refractivity contribution in [3.63, 3.8) is 0 Å². The Balaban J connectivity index is 0.000000572. The first kappa shape index (κ1) is 30.2. The molecule has 0 unspecified atom stereocenters. The molecule has 1 heterocycles. The van der Waals surface area contributed by atoms with E-state index in [4.69, 9.17) is 0 Å². The van der Waals surface area contributed by atoms with E-state index in [-0.39, 0.29) is 5.60 Å². The van der Waals surface area contributed by atoms with Crippen LogP contribution in [0.15, 0.2) is 41.3 Å². The Morgan fingerprint density at radius 1 is 0.972 bits per heavy atom. The van der Waals surface area contributed by atoms with Gasteiger partial charge >= 0.3 is 0 Å². The van der Waals surface area contributed by atoms with E-state index in [1.807, 2.05) is 65.1 Å². The fraction of sp³-hybridized carbons (Fsp3) is 0.593. The van der Waals surface area contributed by atoms with Gasteiger partial charge in [0.1, 0.15) is 5.60 Å². The van der Waals surface area contributed by atoms with Crippen molar-refractivity contribution in [1.82, 2.24) is 19.8 Å². The molecule has 0 amide bonds. The third-order valence-electron chi connectivity index (χ3n) is 6.00. The molecule has 2 aromatic carbocycles. The van der Waals surface area contributed by atoms with E-state index in [1.54, 1.807) is 6.07 Å². The second kappa shape index (κ2) is 14.6. The maximum absolute atomic E-state index is 12.8. The molecule has 9 heteroatoms. The maximum atomic E-state index is 12.8. The van der Waals surface area contributed by atoms with Crippen LogP contribution >= 0.6 is 0 Å². The fourth-order valence-electron chi connectivity index (χ4n) is 4.05. The smallest absolute Gasteiger partial charge is 0.293 e. The summed E-state index contributed by atoms with van der Waals surface area (Å²) < 4.78 is 33.0. The zero-order valence-corrected chi connectivity index (χ0v) is 23.4. The molecular formula is C27H44N4O4S. The zero-order chi connectivity index (χ0) is 26.6. The number of piperazine rings is 1. The van der Waals surface area contributed by atoms with Crippen LogP contribution in [0.5, 0.6) is 0 Å². The average Bonchev–Trinajstić information content (AvgIpc) is 2.82. The predicted molar refractivity (Wildman–Crippen MR) is 147 cm³/mol. The number of benzene rings is 2. The van der Waals surface area contributed by atoms with Gasteiger partial charge in [0, 0.05) is 38.1 Å². The molecule has 36 heavy (non-hydrogen) atoms. The number of rotatable bonds is 11. The second-order valence-electron chi connectivity index (χ2n) is 10.2. The number of nitrogens with one attached hydrogen (secondary N) is 2. The van der Waals surface area contributed by atoms with Crippen LogP contribution in [-0.4, -0.2) is 89.7 Å². The van der Waals surface area contributed by atoms with Crippen molar-refractivity contribution in [1.29, 1.82) is 0 Å².